The number of alkyl halides is 3. The number of nitrogens with one attached hydrogen (secondary N) is 1. The van der Waals surface area contributed by atoms with Gasteiger partial charge in [-0.2, -0.15) is 18.3 Å². The zero-order chi connectivity index (χ0) is 41.5. The molecule has 2 aliphatic rings. The zero-order valence-electron chi connectivity index (χ0n) is 32.9. The number of aromatic amines is 1. The molecule has 1 unspecified atom stereocenters. The number of methoxy groups -OCH3 is 2. The van der Waals surface area contributed by atoms with Gasteiger partial charge in [0.15, 0.2) is 0 Å². The maximum absolute atomic E-state index is 13.3. The molecule has 11 nitrogen and oxygen atoms in total. The Balaban J connectivity index is 0.000000180. The lowest BCUT2D eigenvalue weighted by atomic mass is 10.0. The second kappa shape index (κ2) is 17.8. The van der Waals surface area contributed by atoms with Crippen LogP contribution in [0, 0.1) is 0 Å². The molecular formula is C45H44F3N7O4. The van der Waals surface area contributed by atoms with Gasteiger partial charge in [0, 0.05) is 91.5 Å². The second-order valence-electron chi connectivity index (χ2n) is 14.0. The number of hydrogen-bond donors (Lipinski definition) is 1. The fourth-order valence-electron chi connectivity index (χ4n) is 7.61. The summed E-state index contributed by atoms with van der Waals surface area (Å²) in [7, 11) is 3.19. The molecular weight excluding hydrogens is 760 g/mol. The molecule has 0 radical (unpaired) electrons. The molecule has 2 saturated heterocycles. The summed E-state index contributed by atoms with van der Waals surface area (Å²) in [5.74, 6) is 1.32. The molecule has 1 N–H and O–H groups in total. The molecule has 4 amide bonds. The maximum atomic E-state index is 13.3. The number of halogens is 3. The predicted octanol–water partition coefficient (Wildman–Crippen LogP) is 9.70. The van der Waals surface area contributed by atoms with Crippen molar-refractivity contribution in [2.75, 3.05) is 50.2 Å². The Hall–Kier alpha value is -6.83. The minimum Gasteiger partial charge on any atom is -0.496 e. The number of carbonyl (C=O) groups is 2. The van der Waals surface area contributed by atoms with E-state index in [1.165, 1.54) is 22.6 Å². The van der Waals surface area contributed by atoms with Crippen molar-refractivity contribution in [1.82, 2.24) is 25.0 Å². The highest BCUT2D eigenvalue weighted by Crippen LogP contribution is 2.38. The third-order valence-electron chi connectivity index (χ3n) is 10.6. The number of benzene rings is 4. The Morgan fingerprint density at radius 3 is 1.95 bits per heavy atom. The van der Waals surface area contributed by atoms with E-state index in [-0.39, 0.29) is 30.2 Å². The van der Waals surface area contributed by atoms with Gasteiger partial charge in [-0.25, -0.2) is 9.59 Å². The Kier molecular flexibility index (Phi) is 12.1. The van der Waals surface area contributed by atoms with E-state index in [1.807, 2.05) is 76.7 Å². The molecule has 0 aliphatic carbocycles. The first-order chi connectivity index (χ1) is 28.6. The summed E-state index contributed by atoms with van der Waals surface area (Å²) in [6.07, 6.45) is 3.37. The molecule has 4 heterocycles. The smallest absolute Gasteiger partial charge is 0.416 e. The van der Waals surface area contributed by atoms with Crippen LogP contribution in [0.5, 0.6) is 11.5 Å². The van der Waals surface area contributed by atoms with Crippen molar-refractivity contribution in [3.63, 3.8) is 0 Å². The molecule has 0 spiro atoms. The van der Waals surface area contributed by atoms with E-state index in [0.717, 1.165) is 46.2 Å². The van der Waals surface area contributed by atoms with E-state index in [9.17, 15) is 22.8 Å². The summed E-state index contributed by atoms with van der Waals surface area (Å²) in [4.78, 5) is 36.9. The van der Waals surface area contributed by atoms with Crippen LogP contribution in [0.1, 0.15) is 36.1 Å². The van der Waals surface area contributed by atoms with Crippen LogP contribution in [-0.2, 0) is 12.7 Å². The first-order valence-electron chi connectivity index (χ1n) is 19.2. The largest absolute Gasteiger partial charge is 0.496 e. The number of nitrogens with zero attached hydrogens (tertiary/aromatic N) is 6. The molecule has 2 aromatic heterocycles. The number of ether oxygens (including phenoxy) is 2. The van der Waals surface area contributed by atoms with Crippen molar-refractivity contribution in [2.45, 2.75) is 32.1 Å². The summed E-state index contributed by atoms with van der Waals surface area (Å²) < 4.78 is 51.0. The van der Waals surface area contributed by atoms with Gasteiger partial charge in [0.1, 0.15) is 11.5 Å². The van der Waals surface area contributed by atoms with Crippen molar-refractivity contribution >= 4 is 23.4 Å². The van der Waals surface area contributed by atoms with Gasteiger partial charge in [-0.1, -0.05) is 55.5 Å². The zero-order valence-corrected chi connectivity index (χ0v) is 32.9. The predicted molar refractivity (Wildman–Crippen MR) is 220 cm³/mol. The van der Waals surface area contributed by atoms with Gasteiger partial charge < -0.3 is 19.3 Å². The average molecular weight is 804 g/mol. The number of hydrogen-bond acceptors (Lipinski definition) is 6. The molecule has 8 rings (SSSR count). The lowest BCUT2D eigenvalue weighted by molar-refractivity contribution is -0.138. The number of H-pyrrole nitrogens is 1. The number of pyridine rings is 1. The molecule has 1 atom stereocenters. The first-order valence-corrected chi connectivity index (χ1v) is 19.2. The van der Waals surface area contributed by atoms with Gasteiger partial charge in [-0.15, -0.1) is 0 Å². The SMILES string of the molecule is CCC(c1ccccc1)N1CCN(c2ccc(-c3cn[nH]c3)c(OC)c2)C1=O.COc1cc(N2CCN(Cc3ccccc3C(F)(F)F)C2=O)ccc1-c1ccncc1. The number of urea groups is 2. The van der Waals surface area contributed by atoms with Crippen molar-refractivity contribution in [3.8, 4) is 33.8 Å². The number of carbonyl (C=O) groups excluding carboxylic acids is 2. The highest BCUT2D eigenvalue weighted by molar-refractivity contribution is 5.96. The van der Waals surface area contributed by atoms with E-state index >= 15 is 0 Å². The fourth-order valence-corrected chi connectivity index (χ4v) is 7.61. The van der Waals surface area contributed by atoms with Crippen molar-refractivity contribution in [2.24, 2.45) is 0 Å². The number of aromatic nitrogens is 3. The Morgan fingerprint density at radius 2 is 1.34 bits per heavy atom. The van der Waals surface area contributed by atoms with Crippen LogP contribution in [0.2, 0.25) is 0 Å². The summed E-state index contributed by atoms with van der Waals surface area (Å²) in [5.41, 5.74) is 5.69. The minimum absolute atomic E-state index is 0.0359. The highest BCUT2D eigenvalue weighted by atomic mass is 19.4. The standard InChI is InChI=1S/C23H20F3N3O2.C22H24N4O2/c1-31-21-14-18(6-7-19(21)16-8-10-27-11-9-16)29-13-12-28(22(29)30)15-17-4-2-3-5-20(17)23(24,25)26;1-3-20(16-7-5-4-6-8-16)26-12-11-25(22(26)27)18-9-10-19(21(13-18)28-2)17-14-23-24-15-17/h2-11,14H,12-13,15H2,1H3;4-10,13-15,20H,3,11-12H2,1-2H3,(H,23,24). The monoisotopic (exact) mass is 803 g/mol. The quantitative estimate of drug-likeness (QED) is 0.140. The van der Waals surface area contributed by atoms with Gasteiger partial charge in [0.25, 0.3) is 0 Å². The van der Waals surface area contributed by atoms with E-state index in [4.69, 9.17) is 9.47 Å². The van der Waals surface area contributed by atoms with Crippen molar-refractivity contribution < 1.29 is 32.2 Å². The second-order valence-corrected chi connectivity index (χ2v) is 14.0. The average Bonchev–Trinajstić information content (AvgIpc) is 4.03. The lowest BCUT2D eigenvalue weighted by Gasteiger charge is -2.27. The van der Waals surface area contributed by atoms with Crippen LogP contribution < -0.4 is 19.3 Å². The van der Waals surface area contributed by atoms with Gasteiger partial charge in [0.2, 0.25) is 0 Å². The van der Waals surface area contributed by atoms with E-state index < -0.39 is 11.7 Å². The minimum atomic E-state index is -4.46. The molecule has 0 bridgehead atoms. The Morgan fingerprint density at radius 1 is 0.729 bits per heavy atom. The van der Waals surface area contributed by atoms with E-state index in [2.05, 4.69) is 34.2 Å². The summed E-state index contributed by atoms with van der Waals surface area (Å²) >= 11 is 0. The van der Waals surface area contributed by atoms with Gasteiger partial charge in [0.05, 0.1) is 32.0 Å². The van der Waals surface area contributed by atoms with Crippen LogP contribution in [0.15, 0.2) is 128 Å². The number of rotatable bonds is 11. The van der Waals surface area contributed by atoms with Crippen LogP contribution in [0.4, 0.5) is 34.1 Å². The lowest BCUT2D eigenvalue weighted by Crippen LogP contribution is -2.34. The van der Waals surface area contributed by atoms with Crippen LogP contribution in [0.3, 0.4) is 0 Å². The molecule has 4 aromatic carbocycles. The fraction of sp³-hybridized carbons (Fsp3) is 0.244. The van der Waals surface area contributed by atoms with Gasteiger partial charge in [-0.3, -0.25) is 19.9 Å². The third-order valence-corrected chi connectivity index (χ3v) is 10.6. The molecule has 6 aromatic rings. The molecule has 304 valence electrons. The van der Waals surface area contributed by atoms with Crippen LogP contribution in [0.25, 0.3) is 22.3 Å². The van der Waals surface area contributed by atoms with Crippen molar-refractivity contribution in [1.29, 1.82) is 0 Å². The molecule has 2 fully saturated rings. The van der Waals surface area contributed by atoms with Crippen molar-refractivity contribution in [3.05, 3.63) is 145 Å². The van der Waals surface area contributed by atoms with Crippen LogP contribution in [-0.4, -0.2) is 77.4 Å². The van der Waals surface area contributed by atoms with Crippen LogP contribution >= 0.6 is 0 Å². The Labute approximate surface area is 340 Å². The van der Waals surface area contributed by atoms with E-state index in [0.29, 0.717) is 37.6 Å². The third kappa shape index (κ3) is 8.71. The summed E-state index contributed by atoms with van der Waals surface area (Å²) in [6, 6.07) is 30.4. The maximum Gasteiger partial charge on any atom is 0.416 e. The highest BCUT2D eigenvalue weighted by Gasteiger charge is 2.37. The van der Waals surface area contributed by atoms with E-state index in [1.54, 1.807) is 49.8 Å². The number of anilines is 2. The van der Waals surface area contributed by atoms with Gasteiger partial charge in [-0.05, 0) is 65.6 Å². The van der Waals surface area contributed by atoms with Gasteiger partial charge >= 0.3 is 18.2 Å². The molecule has 0 saturated carbocycles. The Bertz CT molecular complexity index is 2360. The number of amides is 4. The molecule has 59 heavy (non-hydrogen) atoms. The normalized spacial score (nSPS) is 14.7. The summed E-state index contributed by atoms with van der Waals surface area (Å²) in [6.45, 7) is 4.10. The first kappa shape index (κ1) is 40.4. The topological polar surface area (TPSA) is 107 Å². The molecule has 2 aliphatic heterocycles. The summed E-state index contributed by atoms with van der Waals surface area (Å²) in [5, 5.41) is 6.82. The molecule has 14 heteroatoms.